The number of esters is 1. The van der Waals surface area contributed by atoms with Crippen LogP contribution in [0.25, 0.3) is 0 Å². The van der Waals surface area contributed by atoms with Gasteiger partial charge in [-0.1, -0.05) is 52.4 Å². The van der Waals surface area contributed by atoms with Gasteiger partial charge in [-0.05, 0) is 12.8 Å². The van der Waals surface area contributed by atoms with Gasteiger partial charge in [0.2, 0.25) is 0 Å². The van der Waals surface area contributed by atoms with Crippen LogP contribution < -0.4 is 0 Å². The highest BCUT2D eigenvalue weighted by molar-refractivity contribution is 5.69. The van der Waals surface area contributed by atoms with Gasteiger partial charge in [0.1, 0.15) is 0 Å². The van der Waals surface area contributed by atoms with Crippen LogP contribution in [0.3, 0.4) is 0 Å². The molecule has 0 spiro atoms. The zero-order valence-electron chi connectivity index (χ0n) is 10.1. The van der Waals surface area contributed by atoms with Gasteiger partial charge in [-0.15, -0.1) is 0 Å². The van der Waals surface area contributed by atoms with Crippen LogP contribution in [0.2, 0.25) is 0 Å². The third kappa shape index (κ3) is 11.4. The zero-order chi connectivity index (χ0) is 11.4. The van der Waals surface area contributed by atoms with E-state index in [1.54, 1.807) is 0 Å². The van der Waals surface area contributed by atoms with Gasteiger partial charge in [-0.3, -0.25) is 4.79 Å². The third-order valence-corrected chi connectivity index (χ3v) is 2.39. The smallest absolute Gasteiger partial charge is 0.305 e. The van der Waals surface area contributed by atoms with Gasteiger partial charge in [0.25, 0.3) is 0 Å². The van der Waals surface area contributed by atoms with Crippen molar-refractivity contribution >= 4 is 5.97 Å². The molecule has 0 aliphatic rings. The van der Waals surface area contributed by atoms with Crippen LogP contribution in [0.15, 0.2) is 0 Å². The van der Waals surface area contributed by atoms with Gasteiger partial charge < -0.3 is 4.74 Å². The summed E-state index contributed by atoms with van der Waals surface area (Å²) >= 11 is 0. The standard InChI is InChI=1S/C13H25O2/c1-3-5-6-7-8-9-10-12-15-13(14)11-4-2/h2-12H2,1H3. The molecular weight excluding hydrogens is 188 g/mol. The molecule has 0 unspecified atom stereocenters. The van der Waals surface area contributed by atoms with Crippen molar-refractivity contribution in [1.29, 1.82) is 0 Å². The molecule has 0 N–H and O–H groups in total. The molecule has 0 amide bonds. The molecule has 89 valence electrons. The fraction of sp³-hybridized carbons (Fsp3) is 0.846. The Bertz CT molecular complexity index is 143. The van der Waals surface area contributed by atoms with E-state index in [1.807, 2.05) is 0 Å². The molecule has 0 aromatic carbocycles. The summed E-state index contributed by atoms with van der Waals surface area (Å²) in [6, 6.07) is 0. The van der Waals surface area contributed by atoms with E-state index in [9.17, 15) is 4.79 Å². The van der Waals surface area contributed by atoms with E-state index in [4.69, 9.17) is 4.74 Å². The Labute approximate surface area is 94.4 Å². The van der Waals surface area contributed by atoms with E-state index in [0.29, 0.717) is 19.4 Å². The summed E-state index contributed by atoms with van der Waals surface area (Å²) in [5.41, 5.74) is 0. The molecule has 0 aliphatic carbocycles. The fourth-order valence-corrected chi connectivity index (χ4v) is 1.46. The molecule has 0 saturated carbocycles. The maximum atomic E-state index is 11.0. The number of hydrogen-bond acceptors (Lipinski definition) is 2. The third-order valence-electron chi connectivity index (χ3n) is 2.39. The lowest BCUT2D eigenvalue weighted by molar-refractivity contribution is -0.143. The Hall–Kier alpha value is -0.530. The van der Waals surface area contributed by atoms with Crippen molar-refractivity contribution in [1.82, 2.24) is 0 Å². The molecule has 0 aromatic rings. The number of unbranched alkanes of at least 4 members (excludes halogenated alkanes) is 6. The average molecular weight is 213 g/mol. The van der Waals surface area contributed by atoms with Crippen LogP contribution in [-0.2, 0) is 9.53 Å². The van der Waals surface area contributed by atoms with E-state index in [-0.39, 0.29) is 5.97 Å². The molecular formula is C13H25O2. The van der Waals surface area contributed by atoms with Crippen LogP contribution in [0, 0.1) is 6.92 Å². The number of carbonyl (C=O) groups is 1. The number of ether oxygens (including phenoxy) is 1. The first-order chi connectivity index (χ1) is 7.31. The summed E-state index contributed by atoms with van der Waals surface area (Å²) in [7, 11) is 0. The Morgan fingerprint density at radius 3 is 2.27 bits per heavy atom. The highest BCUT2D eigenvalue weighted by Gasteiger charge is 1.99. The second kappa shape index (κ2) is 11.5. The molecule has 1 radical (unpaired) electrons. The Kier molecular flexibility index (Phi) is 11.1. The minimum Gasteiger partial charge on any atom is -0.466 e. The van der Waals surface area contributed by atoms with Gasteiger partial charge >= 0.3 is 5.97 Å². The van der Waals surface area contributed by atoms with Crippen molar-refractivity contribution in [3.63, 3.8) is 0 Å². The lowest BCUT2D eigenvalue weighted by atomic mass is 10.1. The summed E-state index contributed by atoms with van der Waals surface area (Å²) in [6.07, 6.45) is 9.86. The first-order valence-electron chi connectivity index (χ1n) is 6.26. The predicted octanol–water partition coefficient (Wildman–Crippen LogP) is 3.89. The summed E-state index contributed by atoms with van der Waals surface area (Å²) in [6.45, 7) is 6.43. The molecule has 0 heterocycles. The van der Waals surface area contributed by atoms with Crippen molar-refractivity contribution in [2.75, 3.05) is 6.61 Å². The largest absolute Gasteiger partial charge is 0.466 e. The highest BCUT2D eigenvalue weighted by atomic mass is 16.5. The second-order valence-electron chi connectivity index (χ2n) is 3.95. The molecule has 0 aliphatic heterocycles. The van der Waals surface area contributed by atoms with E-state index >= 15 is 0 Å². The van der Waals surface area contributed by atoms with Gasteiger partial charge in [0.05, 0.1) is 6.61 Å². The summed E-state index contributed by atoms with van der Waals surface area (Å²) < 4.78 is 5.03. The van der Waals surface area contributed by atoms with Gasteiger partial charge in [-0.2, -0.15) is 0 Å². The monoisotopic (exact) mass is 213 g/mol. The van der Waals surface area contributed by atoms with Crippen molar-refractivity contribution in [3.8, 4) is 0 Å². The summed E-state index contributed by atoms with van der Waals surface area (Å²) in [4.78, 5) is 11.0. The molecule has 0 atom stereocenters. The van der Waals surface area contributed by atoms with Crippen molar-refractivity contribution in [2.24, 2.45) is 0 Å². The molecule has 2 nitrogen and oxygen atoms in total. The lowest BCUT2D eigenvalue weighted by Gasteiger charge is -2.03. The lowest BCUT2D eigenvalue weighted by Crippen LogP contribution is -2.04. The van der Waals surface area contributed by atoms with E-state index < -0.39 is 0 Å². The summed E-state index contributed by atoms with van der Waals surface area (Å²) in [5.74, 6) is -0.101. The van der Waals surface area contributed by atoms with Crippen LogP contribution >= 0.6 is 0 Å². The molecule has 0 fully saturated rings. The van der Waals surface area contributed by atoms with Crippen molar-refractivity contribution in [2.45, 2.75) is 64.7 Å². The molecule has 2 heteroatoms. The maximum absolute atomic E-state index is 11.0. The normalized spacial score (nSPS) is 10.3. The van der Waals surface area contributed by atoms with Crippen LogP contribution in [0.1, 0.15) is 64.7 Å². The van der Waals surface area contributed by atoms with E-state index in [1.165, 1.54) is 38.5 Å². The topological polar surface area (TPSA) is 26.3 Å². The highest BCUT2D eigenvalue weighted by Crippen LogP contribution is 2.07. The van der Waals surface area contributed by atoms with Crippen molar-refractivity contribution < 1.29 is 9.53 Å². The first kappa shape index (κ1) is 14.5. The van der Waals surface area contributed by atoms with Crippen LogP contribution in [-0.4, -0.2) is 12.6 Å². The maximum Gasteiger partial charge on any atom is 0.305 e. The number of rotatable bonds is 10. The minimum atomic E-state index is -0.101. The zero-order valence-corrected chi connectivity index (χ0v) is 10.1. The van der Waals surface area contributed by atoms with E-state index in [2.05, 4.69) is 13.8 Å². The predicted molar refractivity (Wildman–Crippen MR) is 63.5 cm³/mol. The average Bonchev–Trinajstić information content (AvgIpc) is 2.22. The van der Waals surface area contributed by atoms with Crippen LogP contribution in [0.4, 0.5) is 0 Å². The summed E-state index contributed by atoms with van der Waals surface area (Å²) in [5, 5.41) is 0. The quantitative estimate of drug-likeness (QED) is 0.406. The van der Waals surface area contributed by atoms with Gasteiger partial charge in [0, 0.05) is 6.42 Å². The van der Waals surface area contributed by atoms with E-state index in [0.717, 1.165) is 6.42 Å². The Balaban J connectivity index is 3.01. The molecule has 0 saturated heterocycles. The minimum absolute atomic E-state index is 0.101. The number of hydrogen-bond donors (Lipinski definition) is 0. The first-order valence-corrected chi connectivity index (χ1v) is 6.26. The fourth-order valence-electron chi connectivity index (χ4n) is 1.46. The van der Waals surface area contributed by atoms with Crippen molar-refractivity contribution in [3.05, 3.63) is 6.92 Å². The van der Waals surface area contributed by atoms with Gasteiger partial charge in [-0.25, -0.2) is 0 Å². The molecule has 15 heavy (non-hydrogen) atoms. The van der Waals surface area contributed by atoms with Crippen LogP contribution in [0.5, 0.6) is 0 Å². The SMILES string of the molecule is [CH2]CCC(=O)OCCCCCCCCC. The number of carbonyl (C=O) groups excluding carboxylic acids is 1. The van der Waals surface area contributed by atoms with Gasteiger partial charge in [0.15, 0.2) is 0 Å². The molecule has 0 rings (SSSR count). The molecule has 0 bridgehead atoms. The second-order valence-corrected chi connectivity index (χ2v) is 3.95. The molecule has 0 aromatic heterocycles. The Morgan fingerprint density at radius 2 is 1.67 bits per heavy atom. The Morgan fingerprint density at radius 1 is 1.07 bits per heavy atom.